The zero-order valence-electron chi connectivity index (χ0n) is 14.2. The quantitative estimate of drug-likeness (QED) is 0.847. The number of nitrogens with zero attached hydrogens (tertiary/aromatic N) is 3. The predicted octanol–water partition coefficient (Wildman–Crippen LogP) is 1.49. The number of rotatable bonds is 5. The van der Waals surface area contributed by atoms with Crippen LogP contribution < -0.4 is 5.32 Å². The molecule has 1 fully saturated rings. The summed E-state index contributed by atoms with van der Waals surface area (Å²) < 4.78 is 36.9. The number of nitrogens with one attached hydrogen (secondary N) is 1. The topological polar surface area (TPSA) is 92.3 Å². The van der Waals surface area contributed by atoms with Crippen LogP contribution in [-0.2, 0) is 16.4 Å². The SMILES string of the molecule is CN(C(=O)c1ccnc(NCc2ccccc2F)n1)C1CCS(=O)(=O)C1. The van der Waals surface area contributed by atoms with Crippen molar-refractivity contribution >= 4 is 21.7 Å². The number of benzene rings is 1. The van der Waals surface area contributed by atoms with Gasteiger partial charge in [0.2, 0.25) is 5.95 Å². The molecule has 26 heavy (non-hydrogen) atoms. The van der Waals surface area contributed by atoms with Gasteiger partial charge in [-0.3, -0.25) is 4.79 Å². The summed E-state index contributed by atoms with van der Waals surface area (Å²) in [5.74, 6) is -0.447. The van der Waals surface area contributed by atoms with E-state index in [1.54, 1.807) is 25.2 Å². The second-order valence-corrected chi connectivity index (χ2v) is 8.41. The van der Waals surface area contributed by atoms with Crippen molar-refractivity contribution in [1.29, 1.82) is 0 Å². The molecule has 0 radical (unpaired) electrons. The third kappa shape index (κ3) is 4.16. The van der Waals surface area contributed by atoms with Crippen LogP contribution in [0.5, 0.6) is 0 Å². The van der Waals surface area contributed by atoms with Crippen LogP contribution in [0, 0.1) is 5.82 Å². The smallest absolute Gasteiger partial charge is 0.272 e. The Labute approximate surface area is 151 Å². The molecule has 0 bridgehead atoms. The molecule has 1 saturated heterocycles. The molecule has 0 spiro atoms. The molecule has 1 N–H and O–H groups in total. The van der Waals surface area contributed by atoms with Gasteiger partial charge in [0.1, 0.15) is 11.5 Å². The summed E-state index contributed by atoms with van der Waals surface area (Å²) >= 11 is 0. The van der Waals surface area contributed by atoms with Crippen molar-refractivity contribution < 1.29 is 17.6 Å². The fourth-order valence-electron chi connectivity index (χ4n) is 2.81. The van der Waals surface area contributed by atoms with Crippen molar-refractivity contribution in [3.8, 4) is 0 Å². The van der Waals surface area contributed by atoms with Gasteiger partial charge in [0.15, 0.2) is 9.84 Å². The van der Waals surface area contributed by atoms with Gasteiger partial charge in [-0.25, -0.2) is 22.8 Å². The van der Waals surface area contributed by atoms with Crippen LogP contribution in [0.3, 0.4) is 0 Å². The van der Waals surface area contributed by atoms with Crippen molar-refractivity contribution in [2.45, 2.75) is 19.0 Å². The van der Waals surface area contributed by atoms with Gasteiger partial charge in [-0.05, 0) is 18.6 Å². The van der Waals surface area contributed by atoms with E-state index in [1.165, 1.54) is 23.2 Å². The maximum absolute atomic E-state index is 13.7. The highest BCUT2D eigenvalue weighted by molar-refractivity contribution is 7.91. The molecular weight excluding hydrogens is 359 g/mol. The molecule has 0 aliphatic carbocycles. The molecule has 1 aromatic heterocycles. The van der Waals surface area contributed by atoms with E-state index in [-0.39, 0.29) is 47.5 Å². The number of hydrogen-bond donors (Lipinski definition) is 1. The van der Waals surface area contributed by atoms with Gasteiger partial charge in [-0.1, -0.05) is 18.2 Å². The van der Waals surface area contributed by atoms with Crippen molar-refractivity contribution in [3.63, 3.8) is 0 Å². The largest absolute Gasteiger partial charge is 0.350 e. The third-order valence-corrected chi connectivity index (χ3v) is 6.10. The molecule has 1 aromatic carbocycles. The Bertz CT molecular complexity index is 920. The average molecular weight is 378 g/mol. The number of halogens is 1. The molecule has 1 unspecified atom stereocenters. The first-order chi connectivity index (χ1) is 12.4. The number of aromatic nitrogens is 2. The lowest BCUT2D eigenvalue weighted by molar-refractivity contribution is 0.0741. The van der Waals surface area contributed by atoms with E-state index in [0.29, 0.717) is 12.0 Å². The van der Waals surface area contributed by atoms with Crippen molar-refractivity contribution in [3.05, 3.63) is 53.6 Å². The Hall–Kier alpha value is -2.55. The van der Waals surface area contributed by atoms with Crippen LogP contribution in [0.25, 0.3) is 0 Å². The van der Waals surface area contributed by atoms with E-state index in [1.807, 2.05) is 0 Å². The van der Waals surface area contributed by atoms with E-state index in [4.69, 9.17) is 0 Å². The Morgan fingerprint density at radius 1 is 1.35 bits per heavy atom. The van der Waals surface area contributed by atoms with Gasteiger partial charge in [0.05, 0.1) is 11.5 Å². The van der Waals surface area contributed by atoms with Crippen molar-refractivity contribution in [2.24, 2.45) is 0 Å². The molecule has 1 aliphatic rings. The summed E-state index contributed by atoms with van der Waals surface area (Å²) in [5, 5.41) is 2.89. The van der Waals surface area contributed by atoms with E-state index >= 15 is 0 Å². The minimum absolute atomic E-state index is 0.0291. The van der Waals surface area contributed by atoms with Crippen LogP contribution in [0.2, 0.25) is 0 Å². The lowest BCUT2D eigenvalue weighted by Gasteiger charge is -2.23. The van der Waals surface area contributed by atoms with Gasteiger partial charge >= 0.3 is 0 Å². The average Bonchev–Trinajstić information content (AvgIpc) is 3.00. The molecule has 1 aliphatic heterocycles. The Kier molecular flexibility index (Phi) is 5.17. The summed E-state index contributed by atoms with van der Waals surface area (Å²) in [6.07, 6.45) is 1.86. The summed E-state index contributed by atoms with van der Waals surface area (Å²) in [6.45, 7) is 0.182. The number of hydrogen-bond acceptors (Lipinski definition) is 6. The standard InChI is InChI=1S/C17H19FN4O3S/c1-22(13-7-9-26(24,25)11-13)16(23)15-6-8-19-17(21-15)20-10-12-4-2-3-5-14(12)18/h2-6,8,13H,7,9-11H2,1H3,(H,19,20,21). The van der Waals surface area contributed by atoms with Gasteiger partial charge in [0.25, 0.3) is 5.91 Å². The fraction of sp³-hybridized carbons (Fsp3) is 0.353. The molecule has 9 heteroatoms. The molecule has 7 nitrogen and oxygen atoms in total. The normalized spacial score (nSPS) is 18.5. The van der Waals surface area contributed by atoms with E-state index in [2.05, 4.69) is 15.3 Å². The van der Waals surface area contributed by atoms with E-state index in [0.717, 1.165) is 0 Å². The minimum Gasteiger partial charge on any atom is -0.350 e. The highest BCUT2D eigenvalue weighted by Crippen LogP contribution is 2.18. The fourth-order valence-corrected chi connectivity index (χ4v) is 4.58. The number of amides is 1. The van der Waals surface area contributed by atoms with E-state index in [9.17, 15) is 17.6 Å². The number of carbonyl (C=O) groups excluding carboxylic acids is 1. The molecule has 0 saturated carbocycles. The van der Waals surface area contributed by atoms with Gasteiger partial charge in [-0.2, -0.15) is 0 Å². The second kappa shape index (κ2) is 7.36. The first-order valence-electron chi connectivity index (χ1n) is 8.13. The van der Waals surface area contributed by atoms with Crippen LogP contribution in [0.1, 0.15) is 22.5 Å². The minimum atomic E-state index is -3.08. The van der Waals surface area contributed by atoms with Crippen LogP contribution >= 0.6 is 0 Å². The van der Waals surface area contributed by atoms with Crippen molar-refractivity contribution in [1.82, 2.24) is 14.9 Å². The second-order valence-electron chi connectivity index (χ2n) is 6.18. The highest BCUT2D eigenvalue weighted by Gasteiger charge is 2.33. The maximum atomic E-state index is 13.7. The van der Waals surface area contributed by atoms with Crippen molar-refractivity contribution in [2.75, 3.05) is 23.9 Å². The summed E-state index contributed by atoms with van der Waals surface area (Å²) in [6, 6.07) is 7.46. The first kappa shape index (κ1) is 18.2. The predicted molar refractivity (Wildman–Crippen MR) is 94.9 cm³/mol. The molecule has 3 rings (SSSR count). The Balaban J connectivity index is 1.68. The van der Waals surface area contributed by atoms with Crippen LogP contribution in [-0.4, -0.2) is 53.8 Å². The number of carbonyl (C=O) groups is 1. The Morgan fingerprint density at radius 3 is 2.81 bits per heavy atom. The van der Waals surface area contributed by atoms with E-state index < -0.39 is 9.84 Å². The Morgan fingerprint density at radius 2 is 2.12 bits per heavy atom. The van der Waals surface area contributed by atoms with Crippen LogP contribution in [0.4, 0.5) is 10.3 Å². The van der Waals surface area contributed by atoms with Gasteiger partial charge < -0.3 is 10.2 Å². The van der Waals surface area contributed by atoms with Gasteiger partial charge in [0, 0.05) is 31.4 Å². The first-order valence-corrected chi connectivity index (χ1v) is 9.96. The highest BCUT2D eigenvalue weighted by atomic mass is 32.2. The molecule has 138 valence electrons. The molecule has 2 aromatic rings. The number of sulfone groups is 1. The lowest BCUT2D eigenvalue weighted by atomic mass is 10.2. The van der Waals surface area contributed by atoms with Crippen LogP contribution in [0.15, 0.2) is 36.5 Å². The van der Waals surface area contributed by atoms with Gasteiger partial charge in [-0.15, -0.1) is 0 Å². The number of anilines is 1. The molecule has 1 atom stereocenters. The molecular formula is C17H19FN4O3S. The lowest BCUT2D eigenvalue weighted by Crippen LogP contribution is -2.38. The summed E-state index contributed by atoms with van der Waals surface area (Å²) in [7, 11) is -1.51. The monoisotopic (exact) mass is 378 g/mol. The third-order valence-electron chi connectivity index (χ3n) is 4.35. The summed E-state index contributed by atoms with van der Waals surface area (Å²) in [5.41, 5.74) is 0.615. The molecule has 1 amide bonds. The zero-order valence-corrected chi connectivity index (χ0v) is 15.0. The maximum Gasteiger partial charge on any atom is 0.272 e. The summed E-state index contributed by atoms with van der Waals surface area (Å²) in [4.78, 5) is 22.2. The zero-order chi connectivity index (χ0) is 18.7. The molecule has 2 heterocycles.